The van der Waals surface area contributed by atoms with E-state index in [1.807, 2.05) is 4.90 Å². The minimum atomic E-state index is -0.228. The quantitative estimate of drug-likeness (QED) is 0.523. The molecule has 0 saturated carbocycles. The number of piperazine rings is 1. The second-order valence-corrected chi connectivity index (χ2v) is 9.17. The van der Waals surface area contributed by atoms with E-state index in [0.717, 1.165) is 84.4 Å². The molecule has 172 valence electrons. The van der Waals surface area contributed by atoms with Crippen LogP contribution in [0.3, 0.4) is 0 Å². The van der Waals surface area contributed by atoms with E-state index in [9.17, 15) is 4.79 Å². The summed E-state index contributed by atoms with van der Waals surface area (Å²) >= 11 is 1.80. The van der Waals surface area contributed by atoms with Crippen LogP contribution in [0, 0.1) is 0 Å². The summed E-state index contributed by atoms with van der Waals surface area (Å²) in [4.78, 5) is 25.8. The lowest BCUT2D eigenvalue weighted by Gasteiger charge is -2.38. The van der Waals surface area contributed by atoms with Gasteiger partial charge >= 0.3 is 0 Å². The Morgan fingerprint density at radius 1 is 1.19 bits per heavy atom. The molecule has 8 nitrogen and oxygen atoms in total. The largest absolute Gasteiger partial charge is 0.379 e. The highest BCUT2D eigenvalue weighted by Crippen LogP contribution is 2.26. The van der Waals surface area contributed by atoms with Gasteiger partial charge in [-0.15, -0.1) is 11.3 Å². The number of amides is 1. The SMILES string of the molecule is CCNC(=NCC(c1cccs1)N1CCOCC1)N1CCN(C(=O)C2CCCO2)CC1. The molecule has 4 heterocycles. The Balaban J connectivity index is 1.38. The van der Waals surface area contributed by atoms with Crippen molar-refractivity contribution in [1.29, 1.82) is 0 Å². The standard InChI is InChI=1S/C22H35N5O3S/c1-2-23-22(27-9-7-26(8-10-27)21(28)19-5-3-13-30-19)24-17-18(20-6-4-16-31-20)25-11-14-29-15-12-25/h4,6,16,18-19H,2-3,5,7-15,17H2,1H3,(H,23,24). The highest BCUT2D eigenvalue weighted by atomic mass is 32.1. The summed E-state index contributed by atoms with van der Waals surface area (Å²) in [5.74, 6) is 1.10. The Morgan fingerprint density at radius 3 is 2.61 bits per heavy atom. The van der Waals surface area contributed by atoms with Gasteiger partial charge in [-0.1, -0.05) is 6.07 Å². The molecule has 0 bridgehead atoms. The van der Waals surface area contributed by atoms with Gasteiger partial charge in [0.2, 0.25) is 0 Å². The summed E-state index contributed by atoms with van der Waals surface area (Å²) in [5, 5.41) is 5.60. The summed E-state index contributed by atoms with van der Waals surface area (Å²) in [5.41, 5.74) is 0. The highest BCUT2D eigenvalue weighted by Gasteiger charge is 2.31. The number of morpholine rings is 1. The lowest BCUT2D eigenvalue weighted by atomic mass is 10.2. The predicted octanol–water partition coefficient (Wildman–Crippen LogP) is 1.41. The Labute approximate surface area is 189 Å². The molecule has 3 aliphatic rings. The molecule has 1 amide bonds. The molecule has 1 N–H and O–H groups in total. The van der Waals surface area contributed by atoms with Crippen LogP contribution in [0.2, 0.25) is 0 Å². The van der Waals surface area contributed by atoms with Crippen molar-refractivity contribution in [2.24, 2.45) is 4.99 Å². The van der Waals surface area contributed by atoms with Crippen LogP contribution in [0.25, 0.3) is 0 Å². The van der Waals surface area contributed by atoms with Crippen LogP contribution in [0.5, 0.6) is 0 Å². The molecule has 9 heteroatoms. The average molecular weight is 450 g/mol. The van der Waals surface area contributed by atoms with Gasteiger partial charge in [-0.05, 0) is 31.2 Å². The number of rotatable bonds is 6. The highest BCUT2D eigenvalue weighted by molar-refractivity contribution is 7.10. The number of guanidine groups is 1. The van der Waals surface area contributed by atoms with Crippen LogP contribution < -0.4 is 5.32 Å². The number of ether oxygens (including phenoxy) is 2. The van der Waals surface area contributed by atoms with Gasteiger partial charge in [0.05, 0.1) is 25.8 Å². The second kappa shape index (κ2) is 11.3. The van der Waals surface area contributed by atoms with Crippen molar-refractivity contribution < 1.29 is 14.3 Å². The van der Waals surface area contributed by atoms with E-state index < -0.39 is 0 Å². The Hall–Kier alpha value is -1.68. The van der Waals surface area contributed by atoms with Crippen molar-refractivity contribution in [2.75, 3.05) is 72.2 Å². The Morgan fingerprint density at radius 2 is 1.97 bits per heavy atom. The van der Waals surface area contributed by atoms with E-state index in [2.05, 4.69) is 39.6 Å². The van der Waals surface area contributed by atoms with Gasteiger partial charge in [0.15, 0.2) is 5.96 Å². The molecule has 3 aliphatic heterocycles. The van der Waals surface area contributed by atoms with Crippen LogP contribution in [-0.2, 0) is 14.3 Å². The zero-order chi connectivity index (χ0) is 21.5. The molecule has 3 fully saturated rings. The van der Waals surface area contributed by atoms with Crippen LogP contribution in [0.1, 0.15) is 30.7 Å². The van der Waals surface area contributed by atoms with Gasteiger partial charge in [0.25, 0.3) is 5.91 Å². The minimum Gasteiger partial charge on any atom is -0.379 e. The predicted molar refractivity (Wildman–Crippen MR) is 123 cm³/mol. The second-order valence-electron chi connectivity index (χ2n) is 8.19. The summed E-state index contributed by atoms with van der Waals surface area (Å²) < 4.78 is 11.1. The molecule has 1 aromatic heterocycles. The fraction of sp³-hybridized carbons (Fsp3) is 0.727. The molecule has 0 aliphatic carbocycles. The maximum Gasteiger partial charge on any atom is 0.251 e. The summed E-state index contributed by atoms with van der Waals surface area (Å²) in [6.45, 7) is 10.9. The molecule has 0 spiro atoms. The zero-order valence-corrected chi connectivity index (χ0v) is 19.3. The van der Waals surface area contributed by atoms with Crippen LogP contribution in [0.15, 0.2) is 22.5 Å². The average Bonchev–Trinajstić information content (AvgIpc) is 3.54. The van der Waals surface area contributed by atoms with E-state index in [1.54, 1.807) is 11.3 Å². The number of nitrogens with one attached hydrogen (secondary N) is 1. The molecule has 3 saturated heterocycles. The van der Waals surface area contributed by atoms with Gasteiger partial charge < -0.3 is 24.6 Å². The third-order valence-corrected chi connectivity index (χ3v) is 7.18. The van der Waals surface area contributed by atoms with Gasteiger partial charge in [-0.3, -0.25) is 14.7 Å². The Bertz CT molecular complexity index is 709. The van der Waals surface area contributed by atoms with Gasteiger partial charge in [0.1, 0.15) is 6.10 Å². The summed E-state index contributed by atoms with van der Waals surface area (Å²) in [7, 11) is 0. The van der Waals surface area contributed by atoms with E-state index in [4.69, 9.17) is 14.5 Å². The van der Waals surface area contributed by atoms with Crippen molar-refractivity contribution >= 4 is 23.2 Å². The molecule has 0 aromatic carbocycles. The fourth-order valence-corrected chi connectivity index (χ4v) is 5.32. The smallest absolute Gasteiger partial charge is 0.251 e. The van der Waals surface area contributed by atoms with Crippen LogP contribution in [0.4, 0.5) is 0 Å². The number of aliphatic imine (C=N–C) groups is 1. The Kier molecular flexibility index (Phi) is 8.18. The number of carbonyl (C=O) groups is 1. The topological polar surface area (TPSA) is 69.6 Å². The van der Waals surface area contributed by atoms with E-state index in [-0.39, 0.29) is 18.1 Å². The molecular weight excluding hydrogens is 414 g/mol. The number of hydrogen-bond acceptors (Lipinski definition) is 6. The van der Waals surface area contributed by atoms with E-state index in [0.29, 0.717) is 6.61 Å². The third kappa shape index (κ3) is 5.77. The first kappa shape index (κ1) is 22.5. The third-order valence-electron chi connectivity index (χ3n) is 6.20. The first-order valence-corrected chi connectivity index (χ1v) is 12.4. The number of carbonyl (C=O) groups excluding carboxylic acids is 1. The molecular formula is C22H35N5O3S. The number of thiophene rings is 1. The van der Waals surface area contributed by atoms with Crippen molar-refractivity contribution in [2.45, 2.75) is 31.9 Å². The minimum absolute atomic E-state index is 0.157. The van der Waals surface area contributed by atoms with Gasteiger partial charge in [0, 0.05) is 57.3 Å². The molecule has 4 rings (SSSR count). The summed E-state index contributed by atoms with van der Waals surface area (Å²) in [6.07, 6.45) is 1.62. The number of nitrogens with zero attached hydrogens (tertiary/aromatic N) is 4. The van der Waals surface area contributed by atoms with Crippen LogP contribution in [-0.4, -0.2) is 105 Å². The molecule has 31 heavy (non-hydrogen) atoms. The van der Waals surface area contributed by atoms with E-state index in [1.165, 1.54) is 4.88 Å². The molecule has 2 atom stereocenters. The summed E-state index contributed by atoms with van der Waals surface area (Å²) in [6, 6.07) is 4.61. The lowest BCUT2D eigenvalue weighted by Crippen LogP contribution is -2.55. The van der Waals surface area contributed by atoms with Gasteiger partial charge in [-0.25, -0.2) is 0 Å². The normalized spacial score (nSPS) is 24.4. The molecule has 2 unspecified atom stereocenters. The molecule has 1 aromatic rings. The van der Waals surface area contributed by atoms with Crippen molar-refractivity contribution in [1.82, 2.24) is 20.0 Å². The van der Waals surface area contributed by atoms with Crippen molar-refractivity contribution in [3.8, 4) is 0 Å². The van der Waals surface area contributed by atoms with Crippen molar-refractivity contribution in [3.63, 3.8) is 0 Å². The van der Waals surface area contributed by atoms with Gasteiger partial charge in [-0.2, -0.15) is 0 Å². The van der Waals surface area contributed by atoms with E-state index >= 15 is 0 Å². The van der Waals surface area contributed by atoms with Crippen LogP contribution >= 0.6 is 11.3 Å². The first-order chi connectivity index (χ1) is 15.3. The maximum atomic E-state index is 12.6. The lowest BCUT2D eigenvalue weighted by molar-refractivity contribution is -0.142. The number of hydrogen-bond donors (Lipinski definition) is 1. The first-order valence-electron chi connectivity index (χ1n) is 11.5. The maximum absolute atomic E-state index is 12.6. The zero-order valence-electron chi connectivity index (χ0n) is 18.5. The van der Waals surface area contributed by atoms with Crippen molar-refractivity contribution in [3.05, 3.63) is 22.4 Å². The fourth-order valence-electron chi connectivity index (χ4n) is 4.47. The monoisotopic (exact) mass is 449 g/mol. The molecule has 0 radical (unpaired) electrons.